The van der Waals surface area contributed by atoms with Gasteiger partial charge in [-0.25, -0.2) is 0 Å². The molecule has 0 aromatic rings. The summed E-state index contributed by atoms with van der Waals surface area (Å²) in [5.41, 5.74) is 6.68. The highest BCUT2D eigenvalue weighted by molar-refractivity contribution is 6.18. The monoisotopic (exact) mass is 195 g/mol. The molecule has 0 aromatic heterocycles. The van der Waals surface area contributed by atoms with Crippen molar-refractivity contribution in [2.75, 3.05) is 14.1 Å². The maximum Gasteiger partial charge on any atom is 0.136 e. The van der Waals surface area contributed by atoms with E-state index < -0.39 is 0 Å². The van der Waals surface area contributed by atoms with E-state index in [1.807, 2.05) is 0 Å². The Morgan fingerprint density at radius 3 is 2.14 bits per heavy atom. The third kappa shape index (κ3) is 3.01. The Kier molecular flexibility index (Phi) is 4.55. The van der Waals surface area contributed by atoms with E-state index in [4.69, 9.17) is 16.6 Å². The van der Waals surface area contributed by atoms with E-state index in [1.54, 1.807) is 27.9 Å². The fourth-order valence-electron chi connectivity index (χ4n) is 0.827. The van der Waals surface area contributed by atoms with Gasteiger partial charge in [-0.1, -0.05) is 0 Å². The number of allylic oxidation sites excluding steroid dienone is 1. The lowest BCUT2D eigenvalue weighted by Crippen LogP contribution is -2.32. The molecule has 0 aliphatic heterocycles. The second-order valence-corrected chi connectivity index (χ2v) is 2.98. The van der Waals surface area contributed by atoms with Crippen molar-refractivity contribution in [2.24, 2.45) is 10.7 Å². The second-order valence-electron chi connectivity index (χ2n) is 2.98. The summed E-state index contributed by atoms with van der Waals surface area (Å²) in [5, 5.41) is 15.1. The summed E-state index contributed by atoms with van der Waals surface area (Å²) >= 11 is 0. The first-order valence-corrected chi connectivity index (χ1v) is 4.18. The third-order valence-corrected chi connectivity index (χ3v) is 1.78. The van der Waals surface area contributed by atoms with Crippen LogP contribution in [0, 0.1) is 10.8 Å². The maximum atomic E-state index is 7.77. The van der Waals surface area contributed by atoms with Gasteiger partial charge in [0.15, 0.2) is 0 Å². The highest BCUT2D eigenvalue weighted by Gasteiger charge is 2.11. The lowest BCUT2D eigenvalue weighted by molar-refractivity contribution is 0.734. The van der Waals surface area contributed by atoms with E-state index in [-0.39, 0.29) is 5.84 Å². The average Bonchev–Trinajstić information content (AvgIpc) is 2.11. The molecule has 0 heterocycles. The molecule has 0 spiro atoms. The molecule has 5 nitrogen and oxygen atoms in total. The average molecular weight is 195 g/mol. The summed E-state index contributed by atoms with van der Waals surface area (Å²) in [4.78, 5) is 5.26. The fraction of sp³-hybridized carbons (Fsp3) is 0.444. The number of rotatable bonds is 2. The zero-order valence-corrected chi connectivity index (χ0v) is 9.05. The minimum absolute atomic E-state index is 0.183. The fourth-order valence-corrected chi connectivity index (χ4v) is 0.827. The Morgan fingerprint density at radius 1 is 1.36 bits per heavy atom. The standard InChI is InChI=1S/C9H17N5/c1-6(10)8(5-13-3)9(12)14(4)7(2)11/h5,11-12H,10H2,1-4H3/b8-6+,11-7?,12-9?,13-5?. The van der Waals surface area contributed by atoms with E-state index in [2.05, 4.69) is 4.99 Å². The molecule has 0 radical (unpaired) electrons. The first-order valence-electron chi connectivity index (χ1n) is 4.18. The van der Waals surface area contributed by atoms with Crippen LogP contribution in [-0.4, -0.2) is 36.9 Å². The van der Waals surface area contributed by atoms with Crippen molar-refractivity contribution in [1.82, 2.24) is 4.90 Å². The van der Waals surface area contributed by atoms with Crippen molar-refractivity contribution in [3.63, 3.8) is 0 Å². The lowest BCUT2D eigenvalue weighted by atomic mass is 10.2. The van der Waals surface area contributed by atoms with Gasteiger partial charge in [0, 0.05) is 26.0 Å². The molecule has 14 heavy (non-hydrogen) atoms. The van der Waals surface area contributed by atoms with Crippen molar-refractivity contribution in [1.29, 1.82) is 10.8 Å². The van der Waals surface area contributed by atoms with Crippen LogP contribution in [-0.2, 0) is 0 Å². The van der Waals surface area contributed by atoms with Gasteiger partial charge in [-0.3, -0.25) is 15.8 Å². The molecule has 0 aliphatic rings. The Balaban J connectivity index is 4.99. The molecule has 4 N–H and O–H groups in total. The van der Waals surface area contributed by atoms with Crippen LogP contribution in [0.2, 0.25) is 0 Å². The maximum absolute atomic E-state index is 7.77. The van der Waals surface area contributed by atoms with Crippen molar-refractivity contribution in [3.8, 4) is 0 Å². The third-order valence-electron chi connectivity index (χ3n) is 1.78. The van der Waals surface area contributed by atoms with Crippen molar-refractivity contribution >= 4 is 17.9 Å². The minimum atomic E-state index is 0.183. The van der Waals surface area contributed by atoms with Crippen molar-refractivity contribution in [2.45, 2.75) is 13.8 Å². The van der Waals surface area contributed by atoms with Crippen LogP contribution in [0.4, 0.5) is 0 Å². The molecule has 0 aromatic carbocycles. The number of amidine groups is 2. The van der Waals surface area contributed by atoms with Crippen molar-refractivity contribution in [3.05, 3.63) is 11.3 Å². The summed E-state index contributed by atoms with van der Waals surface area (Å²) in [5.74, 6) is 0.473. The Labute approximate surface area is 84.3 Å². The van der Waals surface area contributed by atoms with Crippen LogP contribution >= 0.6 is 0 Å². The quantitative estimate of drug-likeness (QED) is 0.450. The van der Waals surface area contributed by atoms with Gasteiger partial charge in [0.25, 0.3) is 0 Å². The molecular weight excluding hydrogens is 178 g/mol. The van der Waals surface area contributed by atoms with Crippen LogP contribution in [0.3, 0.4) is 0 Å². The Bertz CT molecular complexity index is 296. The van der Waals surface area contributed by atoms with E-state index >= 15 is 0 Å². The Morgan fingerprint density at radius 2 is 1.86 bits per heavy atom. The smallest absolute Gasteiger partial charge is 0.136 e. The number of likely N-dealkylation sites (N-methyl/N-ethyl adjacent to an activating group) is 1. The number of nitrogens with one attached hydrogen (secondary N) is 2. The molecule has 0 atom stereocenters. The second kappa shape index (κ2) is 5.16. The number of hydrogen-bond acceptors (Lipinski definition) is 4. The first-order chi connectivity index (χ1) is 6.41. The van der Waals surface area contributed by atoms with Crippen LogP contribution in [0.25, 0.3) is 0 Å². The molecule has 0 aliphatic carbocycles. The zero-order valence-electron chi connectivity index (χ0n) is 9.05. The molecule has 5 heteroatoms. The normalized spacial score (nSPS) is 12.6. The zero-order chi connectivity index (χ0) is 11.3. The molecule has 0 unspecified atom stereocenters. The summed E-state index contributed by atoms with van der Waals surface area (Å²) in [6.45, 7) is 3.32. The first kappa shape index (κ1) is 12.3. The van der Waals surface area contributed by atoms with E-state index in [1.165, 1.54) is 11.1 Å². The van der Waals surface area contributed by atoms with Crippen molar-refractivity contribution < 1.29 is 0 Å². The van der Waals surface area contributed by atoms with Crippen LogP contribution in [0.5, 0.6) is 0 Å². The highest BCUT2D eigenvalue weighted by atomic mass is 15.2. The molecule has 0 rings (SSSR count). The van der Waals surface area contributed by atoms with Gasteiger partial charge in [-0.05, 0) is 13.8 Å². The molecule has 0 fully saturated rings. The molecule has 0 saturated carbocycles. The van der Waals surface area contributed by atoms with Gasteiger partial charge < -0.3 is 10.6 Å². The summed E-state index contributed by atoms with van der Waals surface area (Å²) in [7, 11) is 3.27. The van der Waals surface area contributed by atoms with Gasteiger partial charge >= 0.3 is 0 Å². The lowest BCUT2D eigenvalue weighted by Gasteiger charge is -2.19. The van der Waals surface area contributed by atoms with E-state index in [0.717, 1.165) is 0 Å². The topological polar surface area (TPSA) is 89.3 Å². The number of nitrogens with zero attached hydrogens (tertiary/aromatic N) is 2. The molecule has 78 valence electrons. The summed E-state index contributed by atoms with van der Waals surface area (Å²) in [6, 6.07) is 0. The van der Waals surface area contributed by atoms with Gasteiger partial charge in [-0.2, -0.15) is 0 Å². The van der Waals surface area contributed by atoms with Gasteiger partial charge in [0.05, 0.1) is 11.4 Å². The summed E-state index contributed by atoms with van der Waals surface area (Å²) in [6.07, 6.45) is 1.52. The molecule has 0 saturated heterocycles. The number of nitrogens with two attached hydrogens (primary N) is 1. The largest absolute Gasteiger partial charge is 0.402 e. The van der Waals surface area contributed by atoms with Gasteiger partial charge in [0.1, 0.15) is 5.84 Å². The molecule has 0 amide bonds. The van der Waals surface area contributed by atoms with Gasteiger partial charge in [0.2, 0.25) is 0 Å². The number of aliphatic imine (C=N–C) groups is 1. The highest BCUT2D eigenvalue weighted by Crippen LogP contribution is 2.02. The SMILES string of the molecule is CN=C/C(C(=N)N(C)C(C)=N)=C(/C)N. The van der Waals surface area contributed by atoms with Gasteiger partial charge in [-0.15, -0.1) is 0 Å². The van der Waals surface area contributed by atoms with Crippen LogP contribution < -0.4 is 5.73 Å². The van der Waals surface area contributed by atoms with Crippen LogP contribution in [0.15, 0.2) is 16.3 Å². The van der Waals surface area contributed by atoms with Crippen LogP contribution in [0.1, 0.15) is 13.8 Å². The Hall–Kier alpha value is -1.65. The van der Waals surface area contributed by atoms with E-state index in [9.17, 15) is 0 Å². The number of hydrogen-bond donors (Lipinski definition) is 3. The summed E-state index contributed by atoms with van der Waals surface area (Å²) < 4.78 is 0. The predicted octanol–water partition coefficient (Wildman–Crippen LogP) is 0.826. The molecular formula is C9H17N5. The van der Waals surface area contributed by atoms with E-state index in [0.29, 0.717) is 17.1 Å². The predicted molar refractivity (Wildman–Crippen MR) is 60.2 cm³/mol. The minimum Gasteiger partial charge on any atom is -0.402 e. The molecule has 0 bridgehead atoms.